The molecule has 0 spiro atoms. The first-order valence-corrected chi connectivity index (χ1v) is 7.55. The van der Waals surface area contributed by atoms with E-state index in [1.807, 2.05) is 27.7 Å². The number of benzene rings is 1. The van der Waals surface area contributed by atoms with Crippen molar-refractivity contribution in [2.24, 2.45) is 0 Å². The number of phenolic OH excluding ortho intramolecular Hbond substituents is 1. The summed E-state index contributed by atoms with van der Waals surface area (Å²) in [5, 5.41) is 9.83. The van der Waals surface area contributed by atoms with Gasteiger partial charge < -0.3 is 19.3 Å². The molecule has 0 fully saturated rings. The van der Waals surface area contributed by atoms with Crippen LogP contribution in [-0.4, -0.2) is 18.3 Å². The molecule has 4 nitrogen and oxygen atoms in total. The monoisotopic (exact) mass is 358 g/mol. The normalized spacial score (nSPS) is 10.5. The zero-order valence-corrected chi connectivity index (χ0v) is 14.5. The summed E-state index contributed by atoms with van der Waals surface area (Å²) in [6.45, 7) is 9.32. The lowest BCUT2D eigenvalue weighted by atomic mass is 10.3. The van der Waals surface area contributed by atoms with Crippen LogP contribution >= 0.6 is 15.9 Å². The van der Waals surface area contributed by atoms with Crippen LogP contribution in [0.25, 0.3) is 0 Å². The van der Waals surface area contributed by atoms with E-state index in [0.29, 0.717) is 11.5 Å². The molecular weight excluding hydrogens is 336 g/mol. The van der Waals surface area contributed by atoms with Crippen molar-refractivity contribution < 1.29 is 19.3 Å². The first kappa shape index (κ1) is 19.5. The van der Waals surface area contributed by atoms with Crippen LogP contribution in [0.1, 0.15) is 27.7 Å². The third kappa shape index (κ3) is 8.42. The van der Waals surface area contributed by atoms with Gasteiger partial charge in [0.25, 0.3) is 0 Å². The van der Waals surface area contributed by atoms with Gasteiger partial charge >= 0.3 is 0 Å². The van der Waals surface area contributed by atoms with Crippen LogP contribution < -0.4 is 9.47 Å². The molecule has 1 aromatic rings. The lowest BCUT2D eigenvalue weighted by Gasteiger charge is -2.08. The largest absolute Gasteiger partial charge is 0.502 e. The van der Waals surface area contributed by atoms with E-state index in [1.165, 1.54) is 12.5 Å². The highest BCUT2D eigenvalue weighted by molar-refractivity contribution is 9.10. The van der Waals surface area contributed by atoms with Gasteiger partial charge in [-0.1, -0.05) is 28.1 Å². The second-order valence-electron chi connectivity index (χ2n) is 3.71. The van der Waals surface area contributed by atoms with Gasteiger partial charge in [0.2, 0.25) is 5.75 Å². The number of hydrogen-bond acceptors (Lipinski definition) is 4. The Morgan fingerprint density at radius 1 is 1.00 bits per heavy atom. The van der Waals surface area contributed by atoms with Gasteiger partial charge in [0.15, 0.2) is 11.5 Å². The molecule has 0 bridgehead atoms. The molecule has 0 atom stereocenters. The van der Waals surface area contributed by atoms with Gasteiger partial charge in [0.1, 0.15) is 0 Å². The maximum atomic E-state index is 9.83. The fourth-order valence-corrected chi connectivity index (χ4v) is 1.63. The number of phenols is 1. The van der Waals surface area contributed by atoms with E-state index < -0.39 is 0 Å². The lowest BCUT2D eigenvalue weighted by Crippen LogP contribution is -1.88. The second-order valence-corrected chi connectivity index (χ2v) is 4.62. The fraction of sp³-hybridized carbons (Fsp3) is 0.375. The van der Waals surface area contributed by atoms with Crippen LogP contribution in [0.15, 0.2) is 41.3 Å². The van der Waals surface area contributed by atoms with E-state index in [2.05, 4.69) is 15.9 Å². The molecule has 0 amide bonds. The molecule has 0 unspecified atom stereocenters. The van der Waals surface area contributed by atoms with E-state index in [9.17, 15) is 5.11 Å². The smallest absolute Gasteiger partial charge is 0.202 e. The fourth-order valence-electron chi connectivity index (χ4n) is 1.22. The maximum Gasteiger partial charge on any atom is 0.202 e. The van der Waals surface area contributed by atoms with Crippen LogP contribution in [0.3, 0.4) is 0 Å². The average Bonchev–Trinajstić information content (AvgIpc) is 2.47. The molecule has 1 aromatic carbocycles. The molecule has 0 aliphatic carbocycles. The van der Waals surface area contributed by atoms with Gasteiger partial charge in [-0.05, 0) is 39.8 Å². The quantitative estimate of drug-likeness (QED) is 0.725. The Kier molecular flexibility index (Phi) is 11.4. The summed E-state index contributed by atoms with van der Waals surface area (Å²) >= 11 is 3.31. The highest BCUT2D eigenvalue weighted by Gasteiger charge is 2.10. The van der Waals surface area contributed by atoms with Gasteiger partial charge in [-0.15, -0.1) is 0 Å². The van der Waals surface area contributed by atoms with Crippen LogP contribution in [0, 0.1) is 0 Å². The minimum Gasteiger partial charge on any atom is -0.502 e. The van der Waals surface area contributed by atoms with Crippen molar-refractivity contribution in [2.45, 2.75) is 27.7 Å². The average molecular weight is 359 g/mol. The van der Waals surface area contributed by atoms with Crippen molar-refractivity contribution in [1.29, 1.82) is 0 Å². The Labute approximate surface area is 135 Å². The summed E-state index contributed by atoms with van der Waals surface area (Å²) in [5.41, 5.74) is 0. The summed E-state index contributed by atoms with van der Waals surface area (Å²) < 4.78 is 16.0. The van der Waals surface area contributed by atoms with Crippen molar-refractivity contribution in [2.75, 3.05) is 13.2 Å². The van der Waals surface area contributed by atoms with Gasteiger partial charge in [0, 0.05) is 17.7 Å². The number of rotatable bonds is 6. The molecule has 5 heteroatoms. The molecule has 1 N–H and O–H groups in total. The maximum absolute atomic E-state index is 9.83. The molecule has 0 saturated carbocycles. The van der Waals surface area contributed by atoms with E-state index in [-0.39, 0.29) is 5.75 Å². The number of hydrogen-bond donors (Lipinski definition) is 1. The van der Waals surface area contributed by atoms with Crippen molar-refractivity contribution in [1.82, 2.24) is 0 Å². The minimum absolute atomic E-state index is 0.0283. The third-order valence-corrected chi connectivity index (χ3v) is 2.53. The summed E-state index contributed by atoms with van der Waals surface area (Å²) in [6.07, 6.45) is 6.43. The van der Waals surface area contributed by atoms with E-state index in [1.54, 1.807) is 24.3 Å². The molecule has 0 aromatic heterocycles. The van der Waals surface area contributed by atoms with Crippen molar-refractivity contribution >= 4 is 15.9 Å². The van der Waals surface area contributed by atoms with Crippen LogP contribution in [0.5, 0.6) is 17.2 Å². The zero-order valence-electron chi connectivity index (χ0n) is 12.9. The van der Waals surface area contributed by atoms with Gasteiger partial charge in [-0.2, -0.15) is 0 Å². The highest BCUT2D eigenvalue weighted by atomic mass is 79.9. The Hall–Kier alpha value is -1.46. The Balaban J connectivity index is 0.000000690. The van der Waals surface area contributed by atoms with Crippen LogP contribution in [0.4, 0.5) is 0 Å². The highest BCUT2D eigenvalue weighted by Crippen LogP contribution is 2.39. The van der Waals surface area contributed by atoms with Gasteiger partial charge in [-0.25, -0.2) is 0 Å². The van der Waals surface area contributed by atoms with E-state index >= 15 is 0 Å². The third-order valence-electron chi connectivity index (χ3n) is 2.08. The summed E-state index contributed by atoms with van der Waals surface area (Å²) in [4.78, 5) is 0. The molecule has 0 aliphatic rings. The number of aromatic hydroxyl groups is 1. The van der Waals surface area contributed by atoms with Crippen LogP contribution in [-0.2, 0) is 4.74 Å². The summed E-state index contributed by atoms with van der Waals surface area (Å²) in [7, 11) is 0. The van der Waals surface area contributed by atoms with E-state index in [4.69, 9.17) is 14.2 Å². The molecule has 1 rings (SSSR count). The SMILES string of the molecule is C/C=C/Oc1cc(Br)cc(O/C=C/C)c1O.CCOCC. The Morgan fingerprint density at radius 2 is 1.43 bits per heavy atom. The molecule has 0 radical (unpaired) electrons. The van der Waals surface area contributed by atoms with Gasteiger partial charge in [0.05, 0.1) is 12.5 Å². The summed E-state index contributed by atoms with van der Waals surface area (Å²) in [6, 6.07) is 3.33. The first-order valence-electron chi connectivity index (χ1n) is 6.76. The van der Waals surface area contributed by atoms with Crippen molar-refractivity contribution in [3.63, 3.8) is 0 Å². The molecule has 0 saturated heterocycles. The minimum atomic E-state index is -0.0283. The van der Waals surface area contributed by atoms with Crippen molar-refractivity contribution in [3.05, 3.63) is 41.3 Å². The van der Waals surface area contributed by atoms with E-state index in [0.717, 1.165) is 17.7 Å². The molecule has 0 heterocycles. The number of halogens is 1. The van der Waals surface area contributed by atoms with Crippen LogP contribution in [0.2, 0.25) is 0 Å². The van der Waals surface area contributed by atoms with Crippen molar-refractivity contribution in [3.8, 4) is 17.2 Å². The Morgan fingerprint density at radius 3 is 1.71 bits per heavy atom. The molecular formula is C16H23BrO4. The predicted molar refractivity (Wildman–Crippen MR) is 88.9 cm³/mol. The molecule has 0 aliphatic heterocycles. The molecule has 118 valence electrons. The zero-order chi connectivity index (χ0) is 16.1. The van der Waals surface area contributed by atoms with Gasteiger partial charge in [-0.3, -0.25) is 0 Å². The topological polar surface area (TPSA) is 47.9 Å². The lowest BCUT2D eigenvalue weighted by molar-refractivity contribution is 0.162. The first-order chi connectivity index (χ1) is 10.1. The summed E-state index contributed by atoms with van der Waals surface area (Å²) in [5.74, 6) is 0.651. The second kappa shape index (κ2) is 12.3. The standard InChI is InChI=1S/C12H13BrO3.C4H10O/c1-3-5-15-10-7-9(13)8-11(12(10)14)16-6-4-2;1-3-5-4-2/h3-8,14H,1-2H3;3-4H2,1-2H3/b5-3+,6-4+;. The molecule has 21 heavy (non-hydrogen) atoms. The number of allylic oxidation sites excluding steroid dienone is 2. The predicted octanol–water partition coefficient (Wildman–Crippen LogP) is 5.02. The number of ether oxygens (including phenoxy) is 3. The Bertz CT molecular complexity index is 419.